The molecule has 2 aromatic heterocycles. The molecule has 1 saturated heterocycles. The average Bonchev–Trinajstić information content (AvgIpc) is 3.10. The van der Waals surface area contributed by atoms with Gasteiger partial charge in [-0.25, -0.2) is 4.98 Å². The topological polar surface area (TPSA) is 97.2 Å². The van der Waals surface area contributed by atoms with Crippen molar-refractivity contribution in [3.05, 3.63) is 46.9 Å². The normalized spacial score (nSPS) is 15.3. The highest BCUT2D eigenvalue weighted by molar-refractivity contribution is 6.29. The molecule has 27 heavy (non-hydrogen) atoms. The molecule has 8 nitrogen and oxygen atoms in total. The lowest BCUT2D eigenvalue weighted by molar-refractivity contribution is 0.215. The van der Waals surface area contributed by atoms with Crippen molar-refractivity contribution < 1.29 is 4.52 Å². The van der Waals surface area contributed by atoms with Gasteiger partial charge in [-0.05, 0) is 6.92 Å². The molecule has 0 unspecified atom stereocenters. The summed E-state index contributed by atoms with van der Waals surface area (Å²) >= 11 is 5.97. The largest absolute Gasteiger partial charge is 0.368 e. The van der Waals surface area contributed by atoms with Crippen LogP contribution in [-0.4, -0.2) is 51.2 Å². The maximum Gasteiger partial charge on any atom is 0.241 e. The van der Waals surface area contributed by atoms with Crippen molar-refractivity contribution in [2.75, 3.05) is 36.8 Å². The molecule has 0 radical (unpaired) electrons. The van der Waals surface area contributed by atoms with Gasteiger partial charge in [0.1, 0.15) is 11.0 Å². The van der Waals surface area contributed by atoms with Crippen LogP contribution >= 0.6 is 11.6 Å². The first-order valence-corrected chi connectivity index (χ1v) is 9.11. The Bertz CT molecular complexity index is 899. The fourth-order valence-electron chi connectivity index (χ4n) is 3.05. The van der Waals surface area contributed by atoms with Crippen LogP contribution in [0.4, 0.5) is 11.8 Å². The van der Waals surface area contributed by atoms with Gasteiger partial charge in [-0.3, -0.25) is 4.90 Å². The molecule has 1 aromatic carbocycles. The molecule has 4 rings (SSSR count). The summed E-state index contributed by atoms with van der Waals surface area (Å²) in [4.78, 5) is 17.1. The number of halogens is 1. The quantitative estimate of drug-likeness (QED) is 0.684. The van der Waals surface area contributed by atoms with Gasteiger partial charge in [0.25, 0.3) is 0 Å². The maximum absolute atomic E-state index is 5.97. The molecule has 0 amide bonds. The molecular weight excluding hydrogens is 366 g/mol. The smallest absolute Gasteiger partial charge is 0.241 e. The molecule has 3 aromatic rings. The van der Waals surface area contributed by atoms with Gasteiger partial charge in [0.2, 0.25) is 17.7 Å². The lowest BCUT2D eigenvalue weighted by Crippen LogP contribution is -2.46. The highest BCUT2D eigenvalue weighted by atomic mass is 35.5. The number of rotatable bonds is 4. The fraction of sp³-hybridized carbons (Fsp3) is 0.333. The number of piperazine rings is 1. The molecule has 3 heterocycles. The summed E-state index contributed by atoms with van der Waals surface area (Å²) in [6.07, 6.45) is 0. The van der Waals surface area contributed by atoms with E-state index in [4.69, 9.17) is 21.9 Å². The van der Waals surface area contributed by atoms with Gasteiger partial charge in [0.15, 0.2) is 0 Å². The minimum absolute atomic E-state index is 0.189. The molecule has 1 aliphatic heterocycles. The third kappa shape index (κ3) is 4.17. The van der Waals surface area contributed by atoms with Crippen LogP contribution in [0.3, 0.4) is 0 Å². The summed E-state index contributed by atoms with van der Waals surface area (Å²) in [5.74, 6) is 2.18. The van der Waals surface area contributed by atoms with Crippen LogP contribution in [0.2, 0.25) is 5.15 Å². The summed E-state index contributed by atoms with van der Waals surface area (Å²) in [7, 11) is 0. The molecule has 140 valence electrons. The van der Waals surface area contributed by atoms with E-state index in [0.29, 0.717) is 23.4 Å². The van der Waals surface area contributed by atoms with E-state index in [0.717, 1.165) is 37.6 Å². The summed E-state index contributed by atoms with van der Waals surface area (Å²) in [6, 6.07) is 9.81. The van der Waals surface area contributed by atoms with E-state index in [9.17, 15) is 0 Å². The van der Waals surface area contributed by atoms with Crippen LogP contribution in [0.5, 0.6) is 0 Å². The molecule has 9 heteroatoms. The van der Waals surface area contributed by atoms with Crippen molar-refractivity contribution >= 4 is 23.4 Å². The minimum Gasteiger partial charge on any atom is -0.368 e. The van der Waals surface area contributed by atoms with E-state index < -0.39 is 0 Å². The second-order valence-corrected chi connectivity index (χ2v) is 6.94. The summed E-state index contributed by atoms with van der Waals surface area (Å²) in [6.45, 7) is 6.00. The predicted molar refractivity (Wildman–Crippen MR) is 103 cm³/mol. The number of nitrogen functional groups attached to an aromatic ring is 1. The zero-order chi connectivity index (χ0) is 18.8. The Hall–Kier alpha value is -2.71. The van der Waals surface area contributed by atoms with Gasteiger partial charge >= 0.3 is 0 Å². The Labute approximate surface area is 162 Å². The van der Waals surface area contributed by atoms with Gasteiger partial charge in [-0.15, -0.1) is 0 Å². The second kappa shape index (κ2) is 7.50. The van der Waals surface area contributed by atoms with Crippen molar-refractivity contribution in [2.24, 2.45) is 0 Å². The molecule has 1 fully saturated rings. The summed E-state index contributed by atoms with van der Waals surface area (Å²) in [5, 5.41) is 4.45. The molecule has 0 atom stereocenters. The monoisotopic (exact) mass is 385 g/mol. The second-order valence-electron chi connectivity index (χ2n) is 6.55. The van der Waals surface area contributed by atoms with Crippen LogP contribution in [0.1, 0.15) is 11.5 Å². The molecular formula is C18H20ClN7O. The van der Waals surface area contributed by atoms with Crippen molar-refractivity contribution in [2.45, 2.75) is 13.5 Å². The van der Waals surface area contributed by atoms with Crippen molar-refractivity contribution in [1.29, 1.82) is 0 Å². The SMILES string of the molecule is Cc1ccc(-c2noc(CN3CCN(c4cc(Cl)nc(N)n4)CC3)n2)cc1. The first kappa shape index (κ1) is 17.7. The number of hydrogen-bond acceptors (Lipinski definition) is 8. The Morgan fingerprint density at radius 1 is 1.07 bits per heavy atom. The van der Waals surface area contributed by atoms with E-state index in [-0.39, 0.29) is 5.95 Å². The molecule has 0 aliphatic carbocycles. The first-order valence-electron chi connectivity index (χ1n) is 8.74. The number of anilines is 2. The Morgan fingerprint density at radius 2 is 1.81 bits per heavy atom. The highest BCUT2D eigenvalue weighted by Crippen LogP contribution is 2.20. The average molecular weight is 386 g/mol. The number of benzene rings is 1. The van der Waals surface area contributed by atoms with Gasteiger partial charge in [-0.2, -0.15) is 9.97 Å². The number of aromatic nitrogens is 4. The van der Waals surface area contributed by atoms with Crippen LogP contribution < -0.4 is 10.6 Å². The van der Waals surface area contributed by atoms with E-state index in [1.165, 1.54) is 5.56 Å². The fourth-order valence-corrected chi connectivity index (χ4v) is 3.23. The Balaban J connectivity index is 1.36. The van der Waals surface area contributed by atoms with Crippen LogP contribution in [0.25, 0.3) is 11.4 Å². The van der Waals surface area contributed by atoms with Crippen molar-refractivity contribution in [1.82, 2.24) is 25.0 Å². The summed E-state index contributed by atoms with van der Waals surface area (Å²) in [5.41, 5.74) is 7.84. The highest BCUT2D eigenvalue weighted by Gasteiger charge is 2.21. The minimum atomic E-state index is 0.189. The number of nitrogens with two attached hydrogens (primary N) is 1. The molecule has 0 saturated carbocycles. The first-order chi connectivity index (χ1) is 13.1. The Kier molecular flexibility index (Phi) is 4.91. The van der Waals surface area contributed by atoms with Gasteiger partial charge < -0.3 is 15.2 Å². The van der Waals surface area contributed by atoms with Gasteiger partial charge in [0.05, 0.1) is 6.54 Å². The van der Waals surface area contributed by atoms with Crippen LogP contribution in [-0.2, 0) is 6.54 Å². The zero-order valence-electron chi connectivity index (χ0n) is 15.0. The number of aryl methyl sites for hydroxylation is 1. The zero-order valence-corrected chi connectivity index (χ0v) is 15.7. The van der Waals surface area contributed by atoms with E-state index in [1.54, 1.807) is 6.07 Å². The van der Waals surface area contributed by atoms with E-state index in [2.05, 4.69) is 36.8 Å². The van der Waals surface area contributed by atoms with Crippen LogP contribution in [0.15, 0.2) is 34.9 Å². The lowest BCUT2D eigenvalue weighted by atomic mass is 10.1. The third-order valence-corrected chi connectivity index (χ3v) is 4.73. The molecule has 2 N–H and O–H groups in total. The lowest BCUT2D eigenvalue weighted by Gasteiger charge is -2.34. The predicted octanol–water partition coefficient (Wildman–Crippen LogP) is 2.39. The van der Waals surface area contributed by atoms with E-state index >= 15 is 0 Å². The third-order valence-electron chi connectivity index (χ3n) is 4.53. The van der Waals surface area contributed by atoms with Gasteiger partial charge in [0, 0.05) is 37.8 Å². The Morgan fingerprint density at radius 3 is 2.52 bits per heavy atom. The summed E-state index contributed by atoms with van der Waals surface area (Å²) < 4.78 is 5.42. The molecule has 0 spiro atoms. The van der Waals surface area contributed by atoms with Crippen molar-refractivity contribution in [3.8, 4) is 11.4 Å². The van der Waals surface area contributed by atoms with Crippen LogP contribution in [0, 0.1) is 6.92 Å². The van der Waals surface area contributed by atoms with Crippen molar-refractivity contribution in [3.63, 3.8) is 0 Å². The standard InChI is InChI=1S/C18H20ClN7O/c1-12-2-4-13(5-3-12)17-23-16(27-24-17)11-25-6-8-26(9-7-25)15-10-14(19)21-18(20)22-15/h2-5,10H,6-9,11H2,1H3,(H2,20,21,22). The van der Waals surface area contributed by atoms with Gasteiger partial charge in [-0.1, -0.05) is 46.6 Å². The molecule has 1 aliphatic rings. The molecule has 0 bridgehead atoms. The number of nitrogens with zero attached hydrogens (tertiary/aromatic N) is 6. The number of hydrogen-bond donors (Lipinski definition) is 1. The van der Waals surface area contributed by atoms with E-state index in [1.807, 2.05) is 24.3 Å². The maximum atomic E-state index is 5.97.